The Labute approximate surface area is 142 Å². The summed E-state index contributed by atoms with van der Waals surface area (Å²) in [5, 5.41) is 15.1. The number of thioether (sulfide) groups is 1. The third-order valence-electron chi connectivity index (χ3n) is 3.54. The first-order valence-corrected chi connectivity index (χ1v) is 9.14. The smallest absolute Gasteiger partial charge is 0.191 e. The molecule has 2 rings (SSSR count). The highest BCUT2D eigenvalue weighted by Gasteiger charge is 2.15. The summed E-state index contributed by atoms with van der Waals surface area (Å²) in [7, 11) is 0. The van der Waals surface area contributed by atoms with Crippen molar-refractivity contribution in [3.8, 4) is 0 Å². The van der Waals surface area contributed by atoms with Crippen LogP contribution in [0.2, 0.25) is 0 Å². The number of pyridine rings is 1. The van der Waals surface area contributed by atoms with Crippen molar-refractivity contribution < 1.29 is 0 Å². The molecule has 2 aromatic rings. The van der Waals surface area contributed by atoms with Gasteiger partial charge < -0.3 is 10.6 Å². The Balaban J connectivity index is 1.92. The van der Waals surface area contributed by atoms with Crippen LogP contribution in [0.25, 0.3) is 5.65 Å². The number of rotatable bonds is 7. The minimum Gasteiger partial charge on any atom is -0.357 e. The number of guanidine groups is 1. The fraction of sp³-hybridized carbons (Fsp3) is 0.562. The van der Waals surface area contributed by atoms with Crippen molar-refractivity contribution in [1.29, 1.82) is 0 Å². The number of nitrogens with one attached hydrogen (secondary N) is 2. The molecule has 0 aliphatic rings. The van der Waals surface area contributed by atoms with E-state index in [1.165, 1.54) is 0 Å². The number of hydrogen-bond donors (Lipinski definition) is 2. The van der Waals surface area contributed by atoms with Gasteiger partial charge in [0.25, 0.3) is 0 Å². The highest BCUT2D eigenvalue weighted by Crippen LogP contribution is 2.20. The molecular weight excluding hydrogens is 308 g/mol. The van der Waals surface area contributed by atoms with Gasteiger partial charge in [-0.15, -0.1) is 10.2 Å². The maximum atomic E-state index is 4.67. The van der Waals surface area contributed by atoms with Gasteiger partial charge in [0.1, 0.15) is 5.82 Å². The fourth-order valence-corrected chi connectivity index (χ4v) is 2.22. The quantitative estimate of drug-likeness (QED) is 0.598. The molecule has 23 heavy (non-hydrogen) atoms. The molecule has 2 heterocycles. The summed E-state index contributed by atoms with van der Waals surface area (Å²) >= 11 is 1.83. The lowest BCUT2D eigenvalue weighted by Crippen LogP contribution is -2.39. The molecule has 0 fully saturated rings. The zero-order valence-electron chi connectivity index (χ0n) is 14.3. The number of fused-ring (bicyclic) bond motifs is 1. The van der Waals surface area contributed by atoms with E-state index in [0.717, 1.165) is 43.5 Å². The maximum Gasteiger partial charge on any atom is 0.191 e. The summed E-state index contributed by atoms with van der Waals surface area (Å²) in [4.78, 5) is 4.67. The van der Waals surface area contributed by atoms with Gasteiger partial charge in [-0.05, 0) is 39.2 Å². The van der Waals surface area contributed by atoms with E-state index in [1.807, 2.05) is 40.6 Å². The van der Waals surface area contributed by atoms with E-state index in [9.17, 15) is 0 Å². The SMILES string of the molecule is CCNC(=NCC(C)(C)SC)NCCc1nnc2ccccn12. The van der Waals surface area contributed by atoms with Crippen LogP contribution in [-0.2, 0) is 6.42 Å². The molecule has 0 saturated carbocycles. The van der Waals surface area contributed by atoms with E-state index in [4.69, 9.17) is 0 Å². The van der Waals surface area contributed by atoms with Gasteiger partial charge in [0.2, 0.25) is 0 Å². The van der Waals surface area contributed by atoms with Crippen molar-refractivity contribution in [3.63, 3.8) is 0 Å². The van der Waals surface area contributed by atoms with Crippen LogP contribution in [0.5, 0.6) is 0 Å². The van der Waals surface area contributed by atoms with Crippen LogP contribution in [0.1, 0.15) is 26.6 Å². The minimum atomic E-state index is 0.144. The van der Waals surface area contributed by atoms with Crippen LogP contribution in [0.3, 0.4) is 0 Å². The molecule has 0 amide bonds. The van der Waals surface area contributed by atoms with Crippen LogP contribution >= 0.6 is 11.8 Å². The zero-order chi connectivity index (χ0) is 16.7. The standard InChI is InChI=1S/C16H26N6S/c1-5-17-15(19-12-16(2,3)23-4)18-10-9-14-21-20-13-8-6-7-11-22(13)14/h6-8,11H,5,9-10,12H2,1-4H3,(H2,17,18,19). The van der Waals surface area contributed by atoms with Gasteiger partial charge in [-0.1, -0.05) is 6.07 Å². The van der Waals surface area contributed by atoms with E-state index in [-0.39, 0.29) is 4.75 Å². The second kappa shape index (κ2) is 8.19. The first-order valence-electron chi connectivity index (χ1n) is 7.91. The third-order valence-corrected chi connectivity index (χ3v) is 4.77. The van der Waals surface area contributed by atoms with Crippen molar-refractivity contribution in [3.05, 3.63) is 30.2 Å². The molecule has 0 aliphatic heterocycles. The Morgan fingerprint density at radius 1 is 1.30 bits per heavy atom. The molecule has 7 heteroatoms. The lowest BCUT2D eigenvalue weighted by molar-refractivity contribution is 0.706. The third kappa shape index (κ3) is 5.13. The van der Waals surface area contributed by atoms with Gasteiger partial charge in [-0.2, -0.15) is 11.8 Å². The van der Waals surface area contributed by atoms with E-state index in [0.29, 0.717) is 0 Å². The topological polar surface area (TPSA) is 66.6 Å². The van der Waals surface area contributed by atoms with Crippen LogP contribution in [0.4, 0.5) is 0 Å². The molecule has 0 bridgehead atoms. The minimum absolute atomic E-state index is 0.144. The molecule has 126 valence electrons. The monoisotopic (exact) mass is 334 g/mol. The van der Waals surface area contributed by atoms with E-state index >= 15 is 0 Å². The average Bonchev–Trinajstić information content (AvgIpc) is 2.96. The molecule has 0 atom stereocenters. The highest BCUT2D eigenvalue weighted by atomic mass is 32.2. The van der Waals surface area contributed by atoms with Crippen molar-refractivity contribution in [2.24, 2.45) is 4.99 Å². The molecule has 0 radical (unpaired) electrons. The number of nitrogens with zero attached hydrogens (tertiary/aromatic N) is 4. The zero-order valence-corrected chi connectivity index (χ0v) is 15.2. The molecular formula is C16H26N6S. The summed E-state index contributed by atoms with van der Waals surface area (Å²) in [6.07, 6.45) is 4.90. The molecule has 0 aromatic carbocycles. The normalized spacial score (nSPS) is 12.6. The highest BCUT2D eigenvalue weighted by molar-refractivity contribution is 7.99. The van der Waals surface area contributed by atoms with Crippen molar-refractivity contribution in [2.75, 3.05) is 25.9 Å². The molecule has 0 unspecified atom stereocenters. The Morgan fingerprint density at radius 3 is 2.87 bits per heavy atom. The Morgan fingerprint density at radius 2 is 2.13 bits per heavy atom. The molecule has 0 saturated heterocycles. The summed E-state index contributed by atoms with van der Waals surface area (Å²) in [5.41, 5.74) is 0.879. The summed E-state index contributed by atoms with van der Waals surface area (Å²) < 4.78 is 2.16. The molecule has 0 aliphatic carbocycles. The Hall–Kier alpha value is -1.76. The lowest BCUT2D eigenvalue weighted by Gasteiger charge is -2.20. The summed E-state index contributed by atoms with van der Waals surface area (Å²) in [6, 6.07) is 5.92. The van der Waals surface area contributed by atoms with Crippen molar-refractivity contribution in [1.82, 2.24) is 25.2 Å². The predicted molar refractivity (Wildman–Crippen MR) is 98.3 cm³/mol. The summed E-state index contributed by atoms with van der Waals surface area (Å²) in [5.74, 6) is 1.80. The van der Waals surface area contributed by atoms with Gasteiger partial charge >= 0.3 is 0 Å². The van der Waals surface area contributed by atoms with Gasteiger partial charge in [0, 0.05) is 30.5 Å². The van der Waals surface area contributed by atoms with E-state index in [1.54, 1.807) is 0 Å². The summed E-state index contributed by atoms with van der Waals surface area (Å²) in [6.45, 7) is 8.86. The van der Waals surface area contributed by atoms with Crippen molar-refractivity contribution >= 4 is 23.4 Å². The van der Waals surface area contributed by atoms with Crippen LogP contribution in [-0.4, -0.2) is 51.2 Å². The molecule has 2 N–H and O–H groups in total. The average molecular weight is 334 g/mol. The number of aliphatic imine (C=N–C) groups is 1. The molecule has 0 spiro atoms. The van der Waals surface area contributed by atoms with E-state index in [2.05, 4.69) is 52.9 Å². The first kappa shape index (κ1) is 17.6. The predicted octanol–water partition coefficient (Wildman–Crippen LogP) is 1.97. The Bertz CT molecular complexity index is 649. The lowest BCUT2D eigenvalue weighted by atomic mass is 10.2. The van der Waals surface area contributed by atoms with Gasteiger partial charge in [0.05, 0.1) is 6.54 Å². The van der Waals surface area contributed by atoms with Crippen LogP contribution < -0.4 is 10.6 Å². The van der Waals surface area contributed by atoms with Crippen LogP contribution in [0, 0.1) is 0 Å². The number of aromatic nitrogens is 3. The van der Waals surface area contributed by atoms with Crippen molar-refractivity contribution in [2.45, 2.75) is 31.9 Å². The fourth-order valence-electron chi connectivity index (χ4n) is 2.03. The largest absolute Gasteiger partial charge is 0.357 e. The number of hydrogen-bond acceptors (Lipinski definition) is 4. The maximum absolute atomic E-state index is 4.67. The molecule has 2 aromatic heterocycles. The first-order chi connectivity index (χ1) is 11.1. The Kier molecular flexibility index (Phi) is 6.27. The van der Waals surface area contributed by atoms with Gasteiger partial charge in [-0.25, -0.2) is 0 Å². The molecule has 6 nitrogen and oxygen atoms in total. The van der Waals surface area contributed by atoms with Gasteiger partial charge in [-0.3, -0.25) is 9.39 Å². The second-order valence-corrected chi connectivity index (χ2v) is 7.39. The second-order valence-electron chi connectivity index (χ2n) is 5.88. The van der Waals surface area contributed by atoms with E-state index < -0.39 is 0 Å². The van der Waals surface area contributed by atoms with Crippen LogP contribution in [0.15, 0.2) is 29.4 Å². The van der Waals surface area contributed by atoms with Gasteiger partial charge in [0.15, 0.2) is 11.6 Å².